The molecule has 2 aromatic rings. The van der Waals surface area contributed by atoms with Crippen molar-refractivity contribution in [3.63, 3.8) is 0 Å². The molecule has 0 aliphatic carbocycles. The molecule has 1 heteroatoms. The summed E-state index contributed by atoms with van der Waals surface area (Å²) in [5.74, 6) is 0. The van der Waals surface area contributed by atoms with Crippen LogP contribution in [0.1, 0.15) is 11.1 Å². The maximum absolute atomic E-state index is 2.13. The average Bonchev–Trinajstić information content (AvgIpc) is 2.45. The molecule has 0 N–H and O–H groups in total. The standard InChI is InChI=1S/C18H19N/c1-19(2)18-14-12-17(13-15-18)11-7-6-10-16-8-4-3-5-9-16/h3-15H,1-2H3. The van der Waals surface area contributed by atoms with Gasteiger partial charge in [-0.2, -0.15) is 0 Å². The smallest absolute Gasteiger partial charge is 0.0361 e. The lowest BCUT2D eigenvalue weighted by Crippen LogP contribution is -2.07. The van der Waals surface area contributed by atoms with Crippen LogP contribution in [0.15, 0.2) is 66.7 Å². The van der Waals surface area contributed by atoms with Crippen molar-refractivity contribution in [1.82, 2.24) is 0 Å². The molecule has 0 saturated heterocycles. The van der Waals surface area contributed by atoms with E-state index in [0.717, 1.165) is 0 Å². The summed E-state index contributed by atoms with van der Waals surface area (Å²) >= 11 is 0. The molecule has 0 saturated carbocycles. The summed E-state index contributed by atoms with van der Waals surface area (Å²) in [6, 6.07) is 18.8. The summed E-state index contributed by atoms with van der Waals surface area (Å²) in [7, 11) is 4.10. The third kappa shape index (κ3) is 4.14. The van der Waals surface area contributed by atoms with Crippen LogP contribution in [0.3, 0.4) is 0 Å². The van der Waals surface area contributed by atoms with Crippen molar-refractivity contribution in [3.8, 4) is 0 Å². The van der Waals surface area contributed by atoms with Gasteiger partial charge >= 0.3 is 0 Å². The summed E-state index contributed by atoms with van der Waals surface area (Å²) in [6.45, 7) is 0. The summed E-state index contributed by atoms with van der Waals surface area (Å²) in [5, 5.41) is 0. The summed E-state index contributed by atoms with van der Waals surface area (Å²) in [5.41, 5.74) is 3.65. The molecule has 0 aliphatic rings. The van der Waals surface area contributed by atoms with E-state index < -0.39 is 0 Å². The number of allylic oxidation sites excluding steroid dienone is 2. The molecule has 0 spiro atoms. The molecule has 19 heavy (non-hydrogen) atoms. The molecule has 96 valence electrons. The number of anilines is 1. The van der Waals surface area contributed by atoms with E-state index in [1.54, 1.807) is 0 Å². The van der Waals surface area contributed by atoms with E-state index in [4.69, 9.17) is 0 Å². The quantitative estimate of drug-likeness (QED) is 0.722. The molecule has 0 fully saturated rings. The van der Waals surface area contributed by atoms with Gasteiger partial charge in [-0.3, -0.25) is 0 Å². The van der Waals surface area contributed by atoms with Crippen molar-refractivity contribution in [2.75, 3.05) is 19.0 Å². The predicted molar refractivity (Wildman–Crippen MR) is 85.3 cm³/mol. The molecule has 0 amide bonds. The highest BCUT2D eigenvalue weighted by atomic mass is 15.1. The van der Waals surface area contributed by atoms with E-state index in [9.17, 15) is 0 Å². The van der Waals surface area contributed by atoms with Gasteiger partial charge < -0.3 is 4.90 Å². The molecule has 0 atom stereocenters. The lowest BCUT2D eigenvalue weighted by molar-refractivity contribution is 1.13. The highest BCUT2D eigenvalue weighted by Crippen LogP contribution is 2.13. The lowest BCUT2D eigenvalue weighted by atomic mass is 10.1. The van der Waals surface area contributed by atoms with Crippen LogP contribution in [-0.2, 0) is 0 Å². The van der Waals surface area contributed by atoms with Crippen LogP contribution < -0.4 is 4.90 Å². The Hall–Kier alpha value is -2.28. The van der Waals surface area contributed by atoms with E-state index >= 15 is 0 Å². The third-order valence-electron chi connectivity index (χ3n) is 2.90. The number of rotatable bonds is 4. The zero-order valence-corrected chi connectivity index (χ0v) is 11.5. The van der Waals surface area contributed by atoms with E-state index in [2.05, 4.69) is 65.6 Å². The largest absolute Gasteiger partial charge is 0.378 e. The van der Waals surface area contributed by atoms with E-state index in [0.29, 0.717) is 0 Å². The zero-order valence-electron chi connectivity index (χ0n) is 11.5. The molecular formula is C18H19N. The highest BCUT2D eigenvalue weighted by molar-refractivity contribution is 5.59. The van der Waals surface area contributed by atoms with Gasteiger partial charge in [0.2, 0.25) is 0 Å². The molecule has 2 aromatic carbocycles. The second kappa shape index (κ2) is 6.60. The van der Waals surface area contributed by atoms with Gasteiger partial charge in [-0.05, 0) is 23.3 Å². The Bertz CT molecular complexity index is 548. The molecule has 0 bridgehead atoms. The Kier molecular flexibility index (Phi) is 4.57. The van der Waals surface area contributed by atoms with Gasteiger partial charge in [0.05, 0.1) is 0 Å². The second-order valence-electron chi connectivity index (χ2n) is 4.61. The number of nitrogens with zero attached hydrogens (tertiary/aromatic N) is 1. The van der Waals surface area contributed by atoms with Gasteiger partial charge in [-0.1, -0.05) is 66.8 Å². The molecular weight excluding hydrogens is 230 g/mol. The Morgan fingerprint density at radius 1 is 0.684 bits per heavy atom. The van der Waals surface area contributed by atoms with Crippen LogP contribution in [0.4, 0.5) is 5.69 Å². The molecule has 0 heterocycles. The van der Waals surface area contributed by atoms with E-state index in [1.165, 1.54) is 16.8 Å². The minimum absolute atomic E-state index is 1.21. The minimum atomic E-state index is 1.21. The van der Waals surface area contributed by atoms with Crippen LogP contribution in [0.2, 0.25) is 0 Å². The van der Waals surface area contributed by atoms with Crippen molar-refractivity contribution in [1.29, 1.82) is 0 Å². The van der Waals surface area contributed by atoms with Crippen molar-refractivity contribution >= 4 is 17.8 Å². The Labute approximate surface area is 115 Å². The van der Waals surface area contributed by atoms with Gasteiger partial charge in [0.1, 0.15) is 0 Å². The summed E-state index contributed by atoms with van der Waals surface area (Å²) < 4.78 is 0. The van der Waals surface area contributed by atoms with Gasteiger partial charge in [-0.25, -0.2) is 0 Å². The molecule has 0 unspecified atom stereocenters. The SMILES string of the molecule is CN(C)c1ccc(C=CC=Cc2ccccc2)cc1. The topological polar surface area (TPSA) is 3.24 Å². The van der Waals surface area contributed by atoms with E-state index in [1.807, 2.05) is 32.3 Å². The van der Waals surface area contributed by atoms with Crippen LogP contribution in [0.25, 0.3) is 12.2 Å². The second-order valence-corrected chi connectivity index (χ2v) is 4.61. The maximum atomic E-state index is 2.13. The maximum Gasteiger partial charge on any atom is 0.0361 e. The molecule has 0 aliphatic heterocycles. The van der Waals surface area contributed by atoms with Gasteiger partial charge in [0, 0.05) is 19.8 Å². The first-order valence-corrected chi connectivity index (χ1v) is 6.43. The van der Waals surface area contributed by atoms with E-state index in [-0.39, 0.29) is 0 Å². The first-order chi connectivity index (χ1) is 9.25. The number of hydrogen-bond acceptors (Lipinski definition) is 1. The first kappa shape index (κ1) is 13.2. The van der Waals surface area contributed by atoms with Crippen LogP contribution >= 0.6 is 0 Å². The fourth-order valence-electron chi connectivity index (χ4n) is 1.78. The minimum Gasteiger partial charge on any atom is -0.378 e. The summed E-state index contributed by atoms with van der Waals surface area (Å²) in [6.07, 6.45) is 8.34. The normalized spacial score (nSPS) is 11.3. The number of hydrogen-bond donors (Lipinski definition) is 0. The fraction of sp³-hybridized carbons (Fsp3) is 0.111. The van der Waals surface area contributed by atoms with Crippen LogP contribution in [-0.4, -0.2) is 14.1 Å². The van der Waals surface area contributed by atoms with Crippen LogP contribution in [0.5, 0.6) is 0 Å². The summed E-state index contributed by atoms with van der Waals surface area (Å²) in [4.78, 5) is 2.10. The molecule has 0 aromatic heterocycles. The van der Waals surface area contributed by atoms with Crippen molar-refractivity contribution in [3.05, 3.63) is 77.9 Å². The predicted octanol–water partition coefficient (Wildman–Crippen LogP) is 4.48. The fourth-order valence-corrected chi connectivity index (χ4v) is 1.78. The average molecular weight is 249 g/mol. The Morgan fingerprint density at radius 3 is 1.74 bits per heavy atom. The highest BCUT2D eigenvalue weighted by Gasteiger charge is 1.92. The Morgan fingerprint density at radius 2 is 1.21 bits per heavy atom. The van der Waals surface area contributed by atoms with Crippen molar-refractivity contribution < 1.29 is 0 Å². The van der Waals surface area contributed by atoms with Crippen molar-refractivity contribution in [2.24, 2.45) is 0 Å². The van der Waals surface area contributed by atoms with Crippen molar-refractivity contribution in [2.45, 2.75) is 0 Å². The zero-order chi connectivity index (χ0) is 13.5. The Balaban J connectivity index is 1.97. The van der Waals surface area contributed by atoms with Gasteiger partial charge in [-0.15, -0.1) is 0 Å². The third-order valence-corrected chi connectivity index (χ3v) is 2.90. The lowest BCUT2D eigenvalue weighted by Gasteiger charge is -2.11. The van der Waals surface area contributed by atoms with Gasteiger partial charge in [0.15, 0.2) is 0 Å². The monoisotopic (exact) mass is 249 g/mol. The first-order valence-electron chi connectivity index (χ1n) is 6.43. The van der Waals surface area contributed by atoms with Gasteiger partial charge in [0.25, 0.3) is 0 Å². The molecule has 0 radical (unpaired) electrons. The van der Waals surface area contributed by atoms with Crippen LogP contribution in [0, 0.1) is 0 Å². The molecule has 2 rings (SSSR count). The number of benzene rings is 2. The molecule has 1 nitrogen and oxygen atoms in total.